The molecule has 4 N–H and O–H groups in total. The average Bonchev–Trinajstić information content (AvgIpc) is 2.19. The van der Waals surface area contributed by atoms with Gasteiger partial charge in [0.25, 0.3) is 0 Å². The Bertz CT molecular complexity index is 436. The molecule has 0 radical (unpaired) electrons. The molecule has 0 saturated heterocycles. The monoisotopic (exact) mass is 186 g/mol. The Kier molecular flexibility index (Phi) is 2.02. The molecular formula is C10H10N4. The Hall–Kier alpha value is -2.10. The molecule has 1 heterocycles. The summed E-state index contributed by atoms with van der Waals surface area (Å²) in [6, 6.07) is 9.26. The number of hydrogen-bond acceptors (Lipinski definition) is 4. The predicted octanol–water partition coefficient (Wildman–Crippen LogP) is 1.31. The van der Waals surface area contributed by atoms with Gasteiger partial charge in [0.05, 0.1) is 5.69 Å². The summed E-state index contributed by atoms with van der Waals surface area (Å²) in [5.74, 6) is 0.277. The number of hydrogen-bond donors (Lipinski definition) is 2. The van der Waals surface area contributed by atoms with Crippen molar-refractivity contribution in [1.82, 2.24) is 9.97 Å². The van der Waals surface area contributed by atoms with Crippen LogP contribution in [0.3, 0.4) is 0 Å². The van der Waals surface area contributed by atoms with Gasteiger partial charge < -0.3 is 11.5 Å². The van der Waals surface area contributed by atoms with Crippen molar-refractivity contribution in [2.24, 2.45) is 0 Å². The van der Waals surface area contributed by atoms with Crippen LogP contribution in [0.5, 0.6) is 0 Å². The van der Waals surface area contributed by atoms with Gasteiger partial charge in [-0.3, -0.25) is 0 Å². The Labute approximate surface area is 81.6 Å². The smallest absolute Gasteiger partial charge is 0.220 e. The SMILES string of the molecule is Nc1ccc(-c2ccnc(N)n2)cc1. The molecule has 0 spiro atoms. The minimum atomic E-state index is 0.277. The number of anilines is 2. The highest BCUT2D eigenvalue weighted by Crippen LogP contribution is 2.17. The van der Waals surface area contributed by atoms with E-state index in [1.54, 1.807) is 6.20 Å². The van der Waals surface area contributed by atoms with E-state index < -0.39 is 0 Å². The largest absolute Gasteiger partial charge is 0.399 e. The summed E-state index contributed by atoms with van der Waals surface area (Å²) >= 11 is 0. The molecule has 0 fully saturated rings. The molecule has 0 aliphatic heterocycles. The maximum atomic E-state index is 5.58. The zero-order valence-corrected chi connectivity index (χ0v) is 7.51. The molecule has 2 aromatic rings. The zero-order chi connectivity index (χ0) is 9.97. The fraction of sp³-hybridized carbons (Fsp3) is 0. The van der Waals surface area contributed by atoms with Gasteiger partial charge in [0.2, 0.25) is 5.95 Å². The van der Waals surface area contributed by atoms with Crippen LogP contribution in [0, 0.1) is 0 Å². The van der Waals surface area contributed by atoms with Crippen molar-refractivity contribution in [3.05, 3.63) is 36.5 Å². The van der Waals surface area contributed by atoms with Crippen LogP contribution in [0.1, 0.15) is 0 Å². The van der Waals surface area contributed by atoms with Gasteiger partial charge in [0.15, 0.2) is 0 Å². The van der Waals surface area contributed by atoms with E-state index in [-0.39, 0.29) is 5.95 Å². The van der Waals surface area contributed by atoms with Gasteiger partial charge in [0, 0.05) is 17.4 Å². The quantitative estimate of drug-likeness (QED) is 0.658. The molecule has 1 aromatic heterocycles. The summed E-state index contributed by atoms with van der Waals surface area (Å²) in [6.45, 7) is 0. The molecule has 4 nitrogen and oxygen atoms in total. The Morgan fingerprint density at radius 1 is 0.929 bits per heavy atom. The lowest BCUT2D eigenvalue weighted by Crippen LogP contribution is -1.95. The van der Waals surface area contributed by atoms with E-state index in [0.717, 1.165) is 16.9 Å². The van der Waals surface area contributed by atoms with E-state index in [2.05, 4.69) is 9.97 Å². The summed E-state index contributed by atoms with van der Waals surface area (Å²) in [4.78, 5) is 7.92. The van der Waals surface area contributed by atoms with Crippen LogP contribution in [0.25, 0.3) is 11.3 Å². The van der Waals surface area contributed by atoms with Crippen molar-refractivity contribution < 1.29 is 0 Å². The Morgan fingerprint density at radius 2 is 1.64 bits per heavy atom. The van der Waals surface area contributed by atoms with Crippen LogP contribution >= 0.6 is 0 Å². The molecule has 2 rings (SSSR count). The van der Waals surface area contributed by atoms with E-state index in [0.29, 0.717) is 0 Å². The van der Waals surface area contributed by atoms with E-state index >= 15 is 0 Å². The van der Waals surface area contributed by atoms with Gasteiger partial charge in [-0.2, -0.15) is 0 Å². The fourth-order valence-corrected chi connectivity index (χ4v) is 1.19. The van der Waals surface area contributed by atoms with Crippen molar-refractivity contribution in [3.63, 3.8) is 0 Å². The van der Waals surface area contributed by atoms with Crippen molar-refractivity contribution in [1.29, 1.82) is 0 Å². The molecule has 14 heavy (non-hydrogen) atoms. The molecular weight excluding hydrogens is 176 g/mol. The first-order valence-corrected chi connectivity index (χ1v) is 4.20. The lowest BCUT2D eigenvalue weighted by Gasteiger charge is -2.01. The Balaban J connectivity index is 2.44. The number of rotatable bonds is 1. The van der Waals surface area contributed by atoms with Crippen molar-refractivity contribution in [3.8, 4) is 11.3 Å². The first kappa shape index (κ1) is 8.50. The first-order chi connectivity index (χ1) is 6.75. The maximum Gasteiger partial charge on any atom is 0.220 e. The minimum absolute atomic E-state index is 0.277. The van der Waals surface area contributed by atoms with Gasteiger partial charge in [-0.15, -0.1) is 0 Å². The summed E-state index contributed by atoms with van der Waals surface area (Å²) in [6.07, 6.45) is 1.63. The molecule has 0 saturated carbocycles. The standard InChI is InChI=1S/C10H10N4/c11-8-3-1-7(2-4-8)9-5-6-13-10(12)14-9/h1-6H,11H2,(H2,12,13,14). The second-order valence-corrected chi connectivity index (χ2v) is 2.92. The lowest BCUT2D eigenvalue weighted by molar-refractivity contribution is 1.19. The topological polar surface area (TPSA) is 77.8 Å². The third kappa shape index (κ3) is 1.64. The molecule has 0 aliphatic carbocycles. The van der Waals surface area contributed by atoms with Gasteiger partial charge in [-0.25, -0.2) is 9.97 Å². The fourth-order valence-electron chi connectivity index (χ4n) is 1.19. The molecule has 0 aliphatic rings. The number of nitrogens with zero attached hydrogens (tertiary/aromatic N) is 2. The van der Waals surface area contributed by atoms with E-state index in [4.69, 9.17) is 11.5 Å². The van der Waals surface area contributed by atoms with Crippen LogP contribution in [0.4, 0.5) is 11.6 Å². The molecule has 1 aromatic carbocycles. The number of nitrogen functional groups attached to an aromatic ring is 2. The molecule has 0 bridgehead atoms. The van der Waals surface area contributed by atoms with Crippen molar-refractivity contribution in [2.45, 2.75) is 0 Å². The second kappa shape index (κ2) is 3.33. The van der Waals surface area contributed by atoms with Crippen LogP contribution in [0.2, 0.25) is 0 Å². The third-order valence-electron chi connectivity index (χ3n) is 1.88. The summed E-state index contributed by atoms with van der Waals surface area (Å²) in [5, 5.41) is 0. The normalized spacial score (nSPS) is 10.0. The van der Waals surface area contributed by atoms with Crippen LogP contribution < -0.4 is 11.5 Å². The van der Waals surface area contributed by atoms with Crippen molar-refractivity contribution in [2.75, 3.05) is 11.5 Å². The highest BCUT2D eigenvalue weighted by molar-refractivity contribution is 5.62. The predicted molar refractivity (Wildman–Crippen MR) is 56.3 cm³/mol. The van der Waals surface area contributed by atoms with E-state index in [9.17, 15) is 0 Å². The van der Waals surface area contributed by atoms with Gasteiger partial charge in [0.1, 0.15) is 0 Å². The number of benzene rings is 1. The van der Waals surface area contributed by atoms with Crippen LogP contribution in [-0.2, 0) is 0 Å². The molecule has 70 valence electrons. The average molecular weight is 186 g/mol. The maximum absolute atomic E-state index is 5.58. The van der Waals surface area contributed by atoms with Gasteiger partial charge in [-0.1, -0.05) is 12.1 Å². The summed E-state index contributed by atoms with van der Waals surface area (Å²) < 4.78 is 0. The van der Waals surface area contributed by atoms with Gasteiger partial charge >= 0.3 is 0 Å². The minimum Gasteiger partial charge on any atom is -0.399 e. The highest BCUT2D eigenvalue weighted by Gasteiger charge is 1.98. The highest BCUT2D eigenvalue weighted by atomic mass is 15.0. The third-order valence-corrected chi connectivity index (χ3v) is 1.88. The van der Waals surface area contributed by atoms with E-state index in [1.807, 2.05) is 30.3 Å². The number of aromatic nitrogens is 2. The molecule has 4 heteroatoms. The zero-order valence-electron chi connectivity index (χ0n) is 7.51. The first-order valence-electron chi connectivity index (χ1n) is 4.20. The Morgan fingerprint density at radius 3 is 2.29 bits per heavy atom. The van der Waals surface area contributed by atoms with Crippen molar-refractivity contribution >= 4 is 11.6 Å². The van der Waals surface area contributed by atoms with Crippen LogP contribution in [-0.4, -0.2) is 9.97 Å². The molecule has 0 atom stereocenters. The molecule has 0 amide bonds. The van der Waals surface area contributed by atoms with E-state index in [1.165, 1.54) is 0 Å². The van der Waals surface area contributed by atoms with Gasteiger partial charge in [-0.05, 0) is 18.2 Å². The molecule has 0 unspecified atom stereocenters. The summed E-state index contributed by atoms with van der Waals surface area (Å²) in [7, 11) is 0. The lowest BCUT2D eigenvalue weighted by atomic mass is 10.1. The van der Waals surface area contributed by atoms with Crippen LogP contribution in [0.15, 0.2) is 36.5 Å². The second-order valence-electron chi connectivity index (χ2n) is 2.92. The number of nitrogens with two attached hydrogens (primary N) is 2. The summed E-state index contributed by atoms with van der Waals surface area (Å²) in [5.41, 5.74) is 13.6.